The van der Waals surface area contributed by atoms with Crippen LogP contribution in [0.25, 0.3) is 0 Å². The third kappa shape index (κ3) is 1.80. The summed E-state index contributed by atoms with van der Waals surface area (Å²) < 4.78 is 30.6. The number of nitrogens with zero attached hydrogens (tertiary/aromatic N) is 1. The summed E-state index contributed by atoms with van der Waals surface area (Å²) in [6.07, 6.45) is 0. The largest absolute Gasteiger partial charge is 0.237 e. The lowest BCUT2D eigenvalue weighted by Gasteiger charge is -2.15. The summed E-state index contributed by atoms with van der Waals surface area (Å²) in [5.74, 6) is 0. The molecule has 0 N–H and O–H groups in total. The highest BCUT2D eigenvalue weighted by Gasteiger charge is 2.29. The first-order valence-electron chi connectivity index (χ1n) is 2.20. The summed E-state index contributed by atoms with van der Waals surface area (Å²) in [4.78, 5) is 0. The molecule has 0 aromatic heterocycles. The van der Waals surface area contributed by atoms with Crippen LogP contribution in [-0.4, -0.2) is 4.75 Å². The quantitative estimate of drug-likeness (QED) is 0.509. The maximum Gasteiger partial charge on any atom is 0.237 e. The van der Waals surface area contributed by atoms with E-state index in [9.17, 15) is 7.77 Å². The predicted molar refractivity (Wildman–Crippen MR) is 31.3 cm³/mol. The second-order valence-electron chi connectivity index (χ2n) is 2.55. The van der Waals surface area contributed by atoms with Crippen molar-refractivity contribution in [1.29, 1.82) is 4.61 Å². The molecule has 0 rings (SSSR count). The highest BCUT2D eigenvalue weighted by atomic mass is 32.3. The maximum absolute atomic E-state index is 11.9. The Balaban J connectivity index is 4.36. The molecule has 50 valence electrons. The molecule has 0 fully saturated rings. The predicted octanol–water partition coefficient (Wildman–Crippen LogP) is 2.84. The number of hydrogen-bond donors (Lipinski definition) is 0. The van der Waals surface area contributed by atoms with Gasteiger partial charge in [0.05, 0.1) is 4.75 Å². The summed E-state index contributed by atoms with van der Waals surface area (Å²) in [7, 11) is -4.34. The van der Waals surface area contributed by atoms with Gasteiger partial charge in [0.2, 0.25) is 10.4 Å². The van der Waals surface area contributed by atoms with Crippen LogP contribution in [0.1, 0.15) is 20.8 Å². The van der Waals surface area contributed by atoms with E-state index < -0.39 is 15.2 Å². The second kappa shape index (κ2) is 1.71. The monoisotopic (exact) mass is 141 g/mol. The third-order valence-electron chi connectivity index (χ3n) is 0.737. The van der Waals surface area contributed by atoms with Gasteiger partial charge in [-0.25, -0.2) is 0 Å². The van der Waals surface area contributed by atoms with Crippen LogP contribution >= 0.6 is 10.4 Å². The average molecular weight is 141 g/mol. The fourth-order valence-electron chi connectivity index (χ4n) is 0. The Hall–Kier alpha value is -0.0800. The van der Waals surface area contributed by atoms with Crippen molar-refractivity contribution in [3.63, 3.8) is 0 Å². The van der Waals surface area contributed by atoms with Crippen LogP contribution in [0.5, 0.6) is 0 Å². The molecule has 8 heavy (non-hydrogen) atoms. The van der Waals surface area contributed by atoms with Gasteiger partial charge in [-0.15, -0.1) is 7.77 Å². The highest BCUT2D eigenvalue weighted by molar-refractivity contribution is 8.13. The van der Waals surface area contributed by atoms with E-state index in [1.807, 2.05) is 0 Å². The SMILES string of the molecule is CC(C)(C)S(#N)(F)F. The van der Waals surface area contributed by atoms with Crippen LogP contribution < -0.4 is 0 Å². The van der Waals surface area contributed by atoms with Crippen molar-refractivity contribution in [3.8, 4) is 0 Å². The van der Waals surface area contributed by atoms with Gasteiger partial charge in [0.25, 0.3) is 0 Å². The van der Waals surface area contributed by atoms with Gasteiger partial charge in [-0.1, -0.05) is 0 Å². The Labute approximate surface area is 49.2 Å². The molecule has 0 saturated heterocycles. The molecule has 0 heterocycles. The molecule has 1 nitrogen and oxygen atoms in total. The van der Waals surface area contributed by atoms with Gasteiger partial charge in [-0.2, -0.15) is 4.61 Å². The maximum atomic E-state index is 11.9. The lowest BCUT2D eigenvalue weighted by molar-refractivity contribution is 0.656. The first-order chi connectivity index (χ1) is 3.25. The standard InChI is InChI=1S/C4H9F2NS/c1-4(2,3)8(5,6)7/h1-3H3. The van der Waals surface area contributed by atoms with E-state index in [1.165, 1.54) is 20.8 Å². The van der Waals surface area contributed by atoms with E-state index in [0.29, 0.717) is 0 Å². The zero-order valence-corrected chi connectivity index (χ0v) is 5.93. The lowest BCUT2D eigenvalue weighted by atomic mass is 10.3. The molecule has 4 heteroatoms. The van der Waals surface area contributed by atoms with Crippen molar-refractivity contribution in [2.24, 2.45) is 0 Å². The van der Waals surface area contributed by atoms with Gasteiger partial charge in [0, 0.05) is 0 Å². The minimum atomic E-state index is -4.34. The van der Waals surface area contributed by atoms with Gasteiger partial charge in [-0.3, -0.25) is 0 Å². The molecule has 0 amide bonds. The fraction of sp³-hybridized carbons (Fsp3) is 1.00. The average Bonchev–Trinajstić information content (AvgIpc) is 1.25. The Kier molecular flexibility index (Phi) is 1.69. The zero-order chi connectivity index (χ0) is 7.00. The molecule has 0 aromatic carbocycles. The van der Waals surface area contributed by atoms with Crippen LogP contribution in [0.15, 0.2) is 0 Å². The van der Waals surface area contributed by atoms with E-state index >= 15 is 0 Å². The molecule has 0 aliphatic rings. The number of hydrogen-bond acceptors (Lipinski definition) is 1. The first kappa shape index (κ1) is 7.92. The van der Waals surface area contributed by atoms with Gasteiger partial charge < -0.3 is 0 Å². The molecule has 0 aliphatic heterocycles. The Morgan fingerprint density at radius 2 is 1.38 bits per heavy atom. The molecule has 0 atom stereocenters. The van der Waals surface area contributed by atoms with Crippen LogP contribution in [0.2, 0.25) is 0 Å². The van der Waals surface area contributed by atoms with E-state index in [2.05, 4.69) is 0 Å². The van der Waals surface area contributed by atoms with Crippen LogP contribution in [0.3, 0.4) is 0 Å². The van der Waals surface area contributed by atoms with Crippen molar-refractivity contribution in [3.05, 3.63) is 0 Å². The number of halogens is 2. The second-order valence-corrected chi connectivity index (χ2v) is 4.66. The van der Waals surface area contributed by atoms with Gasteiger partial charge >= 0.3 is 0 Å². The third-order valence-corrected chi connectivity index (χ3v) is 2.21. The molecule has 0 saturated carbocycles. The van der Waals surface area contributed by atoms with Gasteiger partial charge in [-0.05, 0) is 20.8 Å². The van der Waals surface area contributed by atoms with E-state index in [-0.39, 0.29) is 0 Å². The van der Waals surface area contributed by atoms with E-state index in [1.54, 1.807) is 0 Å². The summed E-state index contributed by atoms with van der Waals surface area (Å²) in [6, 6.07) is 0. The van der Waals surface area contributed by atoms with Crippen LogP contribution in [0.4, 0.5) is 7.77 Å². The topological polar surface area (TPSA) is 23.8 Å². The smallest absolute Gasteiger partial charge is 0.165 e. The minimum Gasteiger partial charge on any atom is -0.165 e. The van der Waals surface area contributed by atoms with Crippen molar-refractivity contribution in [2.45, 2.75) is 25.5 Å². The van der Waals surface area contributed by atoms with Crippen LogP contribution in [-0.2, 0) is 0 Å². The van der Waals surface area contributed by atoms with Crippen molar-refractivity contribution >= 4 is 10.4 Å². The van der Waals surface area contributed by atoms with Crippen molar-refractivity contribution in [2.75, 3.05) is 0 Å². The van der Waals surface area contributed by atoms with Gasteiger partial charge in [0.1, 0.15) is 0 Å². The molecule has 0 aliphatic carbocycles. The summed E-state index contributed by atoms with van der Waals surface area (Å²) in [5.41, 5.74) is 0. The first-order valence-corrected chi connectivity index (χ1v) is 3.59. The minimum absolute atomic E-state index is 1.26. The van der Waals surface area contributed by atoms with Crippen molar-refractivity contribution < 1.29 is 7.77 Å². The summed E-state index contributed by atoms with van der Waals surface area (Å²) in [5, 5.41) is 0. The molecule has 0 spiro atoms. The van der Waals surface area contributed by atoms with Gasteiger partial charge in [0.15, 0.2) is 0 Å². The molecule has 0 aromatic rings. The Morgan fingerprint density at radius 3 is 1.38 bits per heavy atom. The molecular formula is C4H9F2NS. The molecular weight excluding hydrogens is 132 g/mol. The normalized spacial score (nSPS) is 14.0. The number of rotatable bonds is 0. The highest BCUT2D eigenvalue weighted by Crippen LogP contribution is 2.48. The summed E-state index contributed by atoms with van der Waals surface area (Å²) in [6.45, 7) is 3.92. The van der Waals surface area contributed by atoms with Crippen LogP contribution in [0, 0.1) is 4.61 Å². The summed E-state index contributed by atoms with van der Waals surface area (Å²) >= 11 is 0. The fourth-order valence-corrected chi connectivity index (χ4v) is 0. The lowest BCUT2D eigenvalue weighted by Crippen LogP contribution is -2.10. The Morgan fingerprint density at radius 1 is 1.25 bits per heavy atom. The molecule has 0 unspecified atom stereocenters. The molecule has 0 bridgehead atoms. The molecule has 0 radical (unpaired) electrons. The Bertz CT molecular complexity index is 162. The van der Waals surface area contributed by atoms with E-state index in [4.69, 9.17) is 4.61 Å². The zero-order valence-electron chi connectivity index (χ0n) is 5.11. The van der Waals surface area contributed by atoms with E-state index in [0.717, 1.165) is 0 Å². The van der Waals surface area contributed by atoms with Crippen molar-refractivity contribution in [1.82, 2.24) is 0 Å².